The Kier molecular flexibility index (Phi) is 3.21. The SMILES string of the molecule is CC(NC(=O)c1ccc2ocnc2c1)c1ccccc1. The van der Waals surface area contributed by atoms with Crippen LogP contribution in [0.2, 0.25) is 0 Å². The van der Waals surface area contributed by atoms with Gasteiger partial charge in [0, 0.05) is 5.56 Å². The summed E-state index contributed by atoms with van der Waals surface area (Å²) in [5, 5.41) is 2.97. The van der Waals surface area contributed by atoms with Crippen molar-refractivity contribution in [1.29, 1.82) is 0 Å². The zero-order chi connectivity index (χ0) is 13.9. The van der Waals surface area contributed by atoms with Gasteiger partial charge in [-0.1, -0.05) is 30.3 Å². The number of carbonyl (C=O) groups is 1. The summed E-state index contributed by atoms with van der Waals surface area (Å²) in [6.45, 7) is 1.96. The first-order valence-electron chi connectivity index (χ1n) is 6.43. The van der Waals surface area contributed by atoms with E-state index in [9.17, 15) is 4.79 Å². The van der Waals surface area contributed by atoms with Crippen LogP contribution in [0.1, 0.15) is 28.9 Å². The van der Waals surface area contributed by atoms with Crippen molar-refractivity contribution in [2.75, 3.05) is 0 Å². The van der Waals surface area contributed by atoms with Gasteiger partial charge in [-0.05, 0) is 30.7 Å². The van der Waals surface area contributed by atoms with Crippen LogP contribution in [-0.4, -0.2) is 10.9 Å². The molecule has 3 rings (SSSR count). The standard InChI is InChI=1S/C16H14N2O2/c1-11(12-5-3-2-4-6-12)18-16(19)13-7-8-15-14(9-13)17-10-20-15/h2-11H,1H3,(H,18,19). The summed E-state index contributed by atoms with van der Waals surface area (Å²) < 4.78 is 5.16. The zero-order valence-corrected chi connectivity index (χ0v) is 11.0. The van der Waals surface area contributed by atoms with E-state index >= 15 is 0 Å². The Labute approximate surface area is 116 Å². The molecule has 0 aliphatic heterocycles. The van der Waals surface area contributed by atoms with Crippen LogP contribution < -0.4 is 5.32 Å². The lowest BCUT2D eigenvalue weighted by Crippen LogP contribution is -2.26. The van der Waals surface area contributed by atoms with Gasteiger partial charge in [0.25, 0.3) is 5.91 Å². The van der Waals surface area contributed by atoms with Crippen molar-refractivity contribution in [3.05, 3.63) is 66.1 Å². The van der Waals surface area contributed by atoms with Crippen molar-refractivity contribution in [2.24, 2.45) is 0 Å². The number of nitrogens with one attached hydrogen (secondary N) is 1. The number of hydrogen-bond acceptors (Lipinski definition) is 3. The minimum Gasteiger partial charge on any atom is -0.443 e. The van der Waals surface area contributed by atoms with E-state index in [0.29, 0.717) is 16.7 Å². The largest absolute Gasteiger partial charge is 0.443 e. The van der Waals surface area contributed by atoms with Crippen molar-refractivity contribution >= 4 is 17.0 Å². The second-order valence-corrected chi connectivity index (χ2v) is 4.64. The highest BCUT2D eigenvalue weighted by molar-refractivity contribution is 5.97. The van der Waals surface area contributed by atoms with Crippen LogP contribution in [-0.2, 0) is 0 Å². The van der Waals surface area contributed by atoms with Crippen LogP contribution in [0, 0.1) is 0 Å². The summed E-state index contributed by atoms with van der Waals surface area (Å²) in [6, 6.07) is 15.0. The Hall–Kier alpha value is -2.62. The van der Waals surface area contributed by atoms with E-state index < -0.39 is 0 Å². The predicted octanol–water partition coefficient (Wildman–Crippen LogP) is 3.32. The second kappa shape index (κ2) is 5.17. The Balaban J connectivity index is 1.78. The molecular weight excluding hydrogens is 252 g/mol. The highest BCUT2D eigenvalue weighted by Crippen LogP contribution is 2.16. The van der Waals surface area contributed by atoms with Crippen LogP contribution >= 0.6 is 0 Å². The molecule has 1 unspecified atom stereocenters. The van der Waals surface area contributed by atoms with Crippen molar-refractivity contribution in [3.63, 3.8) is 0 Å². The van der Waals surface area contributed by atoms with Gasteiger partial charge in [0.15, 0.2) is 12.0 Å². The molecule has 0 radical (unpaired) electrons. The molecule has 20 heavy (non-hydrogen) atoms. The Morgan fingerprint density at radius 3 is 2.80 bits per heavy atom. The van der Waals surface area contributed by atoms with Crippen molar-refractivity contribution in [2.45, 2.75) is 13.0 Å². The first-order chi connectivity index (χ1) is 9.74. The van der Waals surface area contributed by atoms with E-state index in [-0.39, 0.29) is 11.9 Å². The molecule has 100 valence electrons. The van der Waals surface area contributed by atoms with Crippen molar-refractivity contribution in [1.82, 2.24) is 10.3 Å². The van der Waals surface area contributed by atoms with E-state index in [1.54, 1.807) is 18.2 Å². The molecule has 1 heterocycles. The minimum absolute atomic E-state index is 0.0447. The molecule has 1 aromatic heterocycles. The van der Waals surface area contributed by atoms with Gasteiger partial charge in [0.1, 0.15) is 5.52 Å². The number of rotatable bonds is 3. The molecule has 0 saturated heterocycles. The van der Waals surface area contributed by atoms with Gasteiger partial charge in [-0.3, -0.25) is 4.79 Å². The minimum atomic E-state index is -0.119. The van der Waals surface area contributed by atoms with Gasteiger partial charge < -0.3 is 9.73 Å². The fourth-order valence-corrected chi connectivity index (χ4v) is 2.10. The Bertz CT molecular complexity index is 734. The fourth-order valence-electron chi connectivity index (χ4n) is 2.10. The number of benzene rings is 2. The van der Waals surface area contributed by atoms with Crippen LogP contribution in [0.4, 0.5) is 0 Å². The van der Waals surface area contributed by atoms with Gasteiger partial charge >= 0.3 is 0 Å². The van der Waals surface area contributed by atoms with E-state index in [1.165, 1.54) is 6.39 Å². The maximum absolute atomic E-state index is 12.2. The quantitative estimate of drug-likeness (QED) is 0.791. The maximum Gasteiger partial charge on any atom is 0.251 e. The smallest absolute Gasteiger partial charge is 0.251 e. The molecule has 4 nitrogen and oxygen atoms in total. The maximum atomic E-state index is 12.2. The zero-order valence-electron chi connectivity index (χ0n) is 11.0. The normalized spacial score (nSPS) is 12.2. The van der Waals surface area contributed by atoms with Crippen LogP contribution in [0.15, 0.2) is 59.3 Å². The first kappa shape index (κ1) is 12.4. The predicted molar refractivity (Wildman–Crippen MR) is 76.3 cm³/mol. The number of nitrogens with zero attached hydrogens (tertiary/aromatic N) is 1. The summed E-state index contributed by atoms with van der Waals surface area (Å²) in [5.74, 6) is -0.119. The summed E-state index contributed by atoms with van der Waals surface area (Å²) in [4.78, 5) is 16.3. The third-order valence-electron chi connectivity index (χ3n) is 3.24. The van der Waals surface area contributed by atoms with E-state index in [2.05, 4.69) is 10.3 Å². The topological polar surface area (TPSA) is 55.1 Å². The number of fused-ring (bicyclic) bond motifs is 1. The fraction of sp³-hybridized carbons (Fsp3) is 0.125. The average molecular weight is 266 g/mol. The molecule has 1 N–H and O–H groups in total. The van der Waals surface area contributed by atoms with Crippen LogP contribution in [0.25, 0.3) is 11.1 Å². The molecule has 0 spiro atoms. The van der Waals surface area contributed by atoms with Gasteiger partial charge in [0.2, 0.25) is 0 Å². The second-order valence-electron chi connectivity index (χ2n) is 4.64. The van der Waals surface area contributed by atoms with Crippen molar-refractivity contribution < 1.29 is 9.21 Å². The van der Waals surface area contributed by atoms with Crippen molar-refractivity contribution in [3.8, 4) is 0 Å². The summed E-state index contributed by atoms with van der Waals surface area (Å²) in [5.41, 5.74) is 3.01. The highest BCUT2D eigenvalue weighted by atomic mass is 16.3. The molecule has 1 amide bonds. The molecule has 1 atom stereocenters. The number of aromatic nitrogens is 1. The molecular formula is C16H14N2O2. The molecule has 0 fully saturated rings. The summed E-state index contributed by atoms with van der Waals surface area (Å²) in [6.07, 6.45) is 1.37. The Morgan fingerprint density at radius 2 is 2.00 bits per heavy atom. The van der Waals surface area contributed by atoms with Gasteiger partial charge in [-0.25, -0.2) is 4.98 Å². The summed E-state index contributed by atoms with van der Waals surface area (Å²) >= 11 is 0. The van der Waals surface area contributed by atoms with E-state index in [1.807, 2.05) is 37.3 Å². The molecule has 0 bridgehead atoms. The molecule has 2 aromatic carbocycles. The number of amides is 1. The third-order valence-corrected chi connectivity index (χ3v) is 3.24. The lowest BCUT2D eigenvalue weighted by atomic mass is 10.1. The number of hydrogen-bond donors (Lipinski definition) is 1. The third kappa shape index (κ3) is 2.40. The van der Waals surface area contributed by atoms with E-state index in [0.717, 1.165) is 5.56 Å². The molecule has 4 heteroatoms. The highest BCUT2D eigenvalue weighted by Gasteiger charge is 2.12. The molecule has 3 aromatic rings. The van der Waals surface area contributed by atoms with Gasteiger partial charge in [-0.2, -0.15) is 0 Å². The Morgan fingerprint density at radius 1 is 1.20 bits per heavy atom. The van der Waals surface area contributed by atoms with E-state index in [4.69, 9.17) is 4.42 Å². The average Bonchev–Trinajstić information content (AvgIpc) is 2.95. The number of oxazole rings is 1. The number of carbonyl (C=O) groups excluding carboxylic acids is 1. The lowest BCUT2D eigenvalue weighted by Gasteiger charge is -2.14. The van der Waals surface area contributed by atoms with Crippen LogP contribution in [0.3, 0.4) is 0 Å². The monoisotopic (exact) mass is 266 g/mol. The van der Waals surface area contributed by atoms with Gasteiger partial charge in [-0.15, -0.1) is 0 Å². The summed E-state index contributed by atoms with van der Waals surface area (Å²) in [7, 11) is 0. The first-order valence-corrected chi connectivity index (χ1v) is 6.43. The molecule has 0 aliphatic rings. The van der Waals surface area contributed by atoms with Gasteiger partial charge in [0.05, 0.1) is 6.04 Å². The lowest BCUT2D eigenvalue weighted by molar-refractivity contribution is 0.0940. The molecule has 0 aliphatic carbocycles. The van der Waals surface area contributed by atoms with Crippen LogP contribution in [0.5, 0.6) is 0 Å². The molecule has 0 saturated carbocycles.